The quantitative estimate of drug-likeness (QED) is 0.635. The van der Waals surface area contributed by atoms with Gasteiger partial charge in [-0.2, -0.15) is 0 Å². The Kier molecular flexibility index (Phi) is 7.91. The third-order valence-electron chi connectivity index (χ3n) is 6.57. The first-order valence-electron chi connectivity index (χ1n) is 11.7. The Morgan fingerprint density at radius 2 is 1.82 bits per heavy atom. The number of carboxylic acids is 1. The van der Waals surface area contributed by atoms with E-state index in [-0.39, 0.29) is 11.9 Å². The van der Waals surface area contributed by atoms with Crippen LogP contribution in [-0.2, 0) is 11.3 Å². The number of piperidine rings is 2. The van der Waals surface area contributed by atoms with Gasteiger partial charge in [0.25, 0.3) is 5.91 Å². The van der Waals surface area contributed by atoms with Gasteiger partial charge >= 0.3 is 5.97 Å². The van der Waals surface area contributed by atoms with Crippen molar-refractivity contribution >= 4 is 11.9 Å². The number of ether oxygens (including phenoxy) is 1. The Morgan fingerprint density at radius 1 is 1.09 bits per heavy atom. The van der Waals surface area contributed by atoms with Crippen molar-refractivity contribution in [3.8, 4) is 5.75 Å². The highest BCUT2D eigenvalue weighted by Crippen LogP contribution is 2.25. The van der Waals surface area contributed by atoms with Gasteiger partial charge in [0.05, 0.1) is 0 Å². The van der Waals surface area contributed by atoms with Crippen molar-refractivity contribution in [3.63, 3.8) is 0 Å². The van der Waals surface area contributed by atoms with E-state index in [1.165, 1.54) is 12.8 Å². The molecule has 2 aliphatic rings. The predicted molar refractivity (Wildman–Crippen MR) is 124 cm³/mol. The van der Waals surface area contributed by atoms with Gasteiger partial charge in [-0.15, -0.1) is 0 Å². The van der Waals surface area contributed by atoms with Crippen molar-refractivity contribution in [1.82, 2.24) is 20.1 Å². The average Bonchev–Trinajstić information content (AvgIpc) is 2.87. The van der Waals surface area contributed by atoms with E-state index in [0.717, 1.165) is 44.6 Å². The SMILES string of the molecule is O=C(O)COc1ccc(C(=O)N(Cc2cccnc2)C2CCN(C3CCNCC3)CC2)cc1. The summed E-state index contributed by atoms with van der Waals surface area (Å²) >= 11 is 0. The van der Waals surface area contributed by atoms with E-state index in [1.54, 1.807) is 30.5 Å². The standard InChI is InChI=1S/C25H32N4O4/c30-24(31)18-33-23-5-3-20(4-6-23)25(32)29(17-19-2-1-11-27-16-19)22-9-14-28(15-10-22)21-7-12-26-13-8-21/h1-6,11,16,21-22,26H,7-10,12-15,17-18H2,(H,30,31). The Hall–Kier alpha value is -2.97. The number of likely N-dealkylation sites (tertiary alicyclic amines) is 1. The molecule has 0 radical (unpaired) electrons. The number of carbonyl (C=O) groups excluding carboxylic acids is 1. The molecule has 0 saturated carbocycles. The number of nitrogens with one attached hydrogen (secondary N) is 1. The lowest BCUT2D eigenvalue weighted by atomic mass is 9.96. The molecule has 1 aromatic heterocycles. The van der Waals surface area contributed by atoms with Gasteiger partial charge in [0, 0.05) is 49.7 Å². The molecule has 2 saturated heterocycles. The molecule has 2 aromatic rings. The summed E-state index contributed by atoms with van der Waals surface area (Å²) < 4.78 is 5.20. The van der Waals surface area contributed by atoms with Gasteiger partial charge in [0.1, 0.15) is 5.75 Å². The number of aromatic nitrogens is 1. The Morgan fingerprint density at radius 3 is 2.45 bits per heavy atom. The molecule has 1 aromatic carbocycles. The molecule has 33 heavy (non-hydrogen) atoms. The molecular weight excluding hydrogens is 420 g/mol. The molecule has 4 rings (SSSR count). The summed E-state index contributed by atoms with van der Waals surface area (Å²) in [5.41, 5.74) is 1.58. The minimum atomic E-state index is -1.03. The number of hydrogen-bond acceptors (Lipinski definition) is 6. The Labute approximate surface area is 194 Å². The fourth-order valence-electron chi connectivity index (χ4n) is 4.79. The van der Waals surface area contributed by atoms with Gasteiger partial charge < -0.3 is 25.0 Å². The van der Waals surface area contributed by atoms with E-state index >= 15 is 0 Å². The van der Waals surface area contributed by atoms with Crippen LogP contribution >= 0.6 is 0 Å². The van der Waals surface area contributed by atoms with Gasteiger partial charge in [-0.1, -0.05) is 6.07 Å². The highest BCUT2D eigenvalue weighted by Gasteiger charge is 2.31. The number of pyridine rings is 1. The molecule has 1 amide bonds. The molecule has 0 unspecified atom stereocenters. The third kappa shape index (κ3) is 6.30. The molecule has 0 bridgehead atoms. The van der Waals surface area contributed by atoms with Gasteiger partial charge in [-0.3, -0.25) is 9.78 Å². The normalized spacial score (nSPS) is 18.1. The highest BCUT2D eigenvalue weighted by atomic mass is 16.5. The largest absolute Gasteiger partial charge is 0.482 e. The summed E-state index contributed by atoms with van der Waals surface area (Å²) in [4.78, 5) is 33.1. The van der Waals surface area contributed by atoms with E-state index in [1.807, 2.05) is 23.2 Å². The first kappa shape index (κ1) is 23.2. The third-order valence-corrected chi connectivity index (χ3v) is 6.57. The van der Waals surface area contributed by atoms with E-state index in [0.29, 0.717) is 23.9 Å². The molecular formula is C25H32N4O4. The van der Waals surface area contributed by atoms with Crippen molar-refractivity contribution in [2.75, 3.05) is 32.8 Å². The number of nitrogens with zero attached hydrogens (tertiary/aromatic N) is 3. The lowest BCUT2D eigenvalue weighted by Crippen LogP contribution is -2.51. The minimum absolute atomic E-state index is 0.0241. The zero-order chi connectivity index (χ0) is 23.0. The Balaban J connectivity index is 1.45. The molecule has 8 nitrogen and oxygen atoms in total. The summed E-state index contributed by atoms with van der Waals surface area (Å²) in [5.74, 6) is -0.624. The zero-order valence-electron chi connectivity index (χ0n) is 18.9. The summed E-state index contributed by atoms with van der Waals surface area (Å²) in [5, 5.41) is 12.2. The molecule has 176 valence electrons. The predicted octanol–water partition coefficient (Wildman–Crippen LogP) is 2.40. The van der Waals surface area contributed by atoms with Crippen LogP contribution in [-0.4, -0.2) is 76.6 Å². The molecule has 8 heteroatoms. The van der Waals surface area contributed by atoms with Crippen LogP contribution in [0.2, 0.25) is 0 Å². The number of aliphatic carboxylic acids is 1. The minimum Gasteiger partial charge on any atom is -0.482 e. The zero-order valence-corrected chi connectivity index (χ0v) is 18.9. The van der Waals surface area contributed by atoms with Crippen LogP contribution in [0.1, 0.15) is 41.6 Å². The second-order valence-electron chi connectivity index (χ2n) is 8.75. The second-order valence-corrected chi connectivity index (χ2v) is 8.75. The van der Waals surface area contributed by atoms with Crippen LogP contribution in [0.5, 0.6) is 5.75 Å². The Bertz CT molecular complexity index is 908. The van der Waals surface area contributed by atoms with Crippen LogP contribution in [0.25, 0.3) is 0 Å². The van der Waals surface area contributed by atoms with Crippen molar-refractivity contribution in [2.24, 2.45) is 0 Å². The highest BCUT2D eigenvalue weighted by molar-refractivity contribution is 5.94. The van der Waals surface area contributed by atoms with E-state index in [4.69, 9.17) is 9.84 Å². The number of carbonyl (C=O) groups is 2. The van der Waals surface area contributed by atoms with E-state index < -0.39 is 12.6 Å². The molecule has 2 fully saturated rings. The fourth-order valence-corrected chi connectivity index (χ4v) is 4.79. The molecule has 0 aliphatic carbocycles. The fraction of sp³-hybridized carbons (Fsp3) is 0.480. The molecule has 0 spiro atoms. The van der Waals surface area contributed by atoms with Crippen molar-refractivity contribution < 1.29 is 19.4 Å². The lowest BCUT2D eigenvalue weighted by Gasteiger charge is -2.42. The second kappa shape index (κ2) is 11.2. The van der Waals surface area contributed by atoms with Crippen LogP contribution in [0.15, 0.2) is 48.8 Å². The summed E-state index contributed by atoms with van der Waals surface area (Å²) in [6.45, 7) is 4.30. The summed E-state index contributed by atoms with van der Waals surface area (Å²) in [6.07, 6.45) is 7.85. The summed E-state index contributed by atoms with van der Waals surface area (Å²) in [6, 6.07) is 11.4. The lowest BCUT2D eigenvalue weighted by molar-refractivity contribution is -0.139. The van der Waals surface area contributed by atoms with Gasteiger partial charge in [0.2, 0.25) is 0 Å². The van der Waals surface area contributed by atoms with E-state index in [9.17, 15) is 9.59 Å². The van der Waals surface area contributed by atoms with Gasteiger partial charge in [0.15, 0.2) is 6.61 Å². The van der Waals surface area contributed by atoms with Crippen LogP contribution in [0.3, 0.4) is 0 Å². The first-order chi connectivity index (χ1) is 16.1. The molecule has 2 N–H and O–H groups in total. The molecule has 2 aliphatic heterocycles. The number of rotatable bonds is 8. The number of benzene rings is 1. The van der Waals surface area contributed by atoms with Gasteiger partial charge in [-0.25, -0.2) is 4.79 Å². The maximum Gasteiger partial charge on any atom is 0.341 e. The molecule has 0 atom stereocenters. The first-order valence-corrected chi connectivity index (χ1v) is 11.7. The van der Waals surface area contributed by atoms with Crippen molar-refractivity contribution in [3.05, 3.63) is 59.9 Å². The average molecular weight is 453 g/mol. The topological polar surface area (TPSA) is 95.0 Å². The maximum atomic E-state index is 13.6. The van der Waals surface area contributed by atoms with Crippen LogP contribution < -0.4 is 10.1 Å². The van der Waals surface area contributed by atoms with E-state index in [2.05, 4.69) is 15.2 Å². The number of hydrogen-bond donors (Lipinski definition) is 2. The van der Waals surface area contributed by atoms with Crippen molar-refractivity contribution in [2.45, 2.75) is 44.3 Å². The summed E-state index contributed by atoms with van der Waals surface area (Å²) in [7, 11) is 0. The smallest absolute Gasteiger partial charge is 0.341 e. The monoisotopic (exact) mass is 452 g/mol. The van der Waals surface area contributed by atoms with Crippen molar-refractivity contribution in [1.29, 1.82) is 0 Å². The van der Waals surface area contributed by atoms with Crippen LogP contribution in [0, 0.1) is 0 Å². The molecule has 3 heterocycles. The number of carboxylic acid groups (broad SMARTS) is 1. The maximum absolute atomic E-state index is 13.6. The number of amides is 1. The van der Waals surface area contributed by atoms with Crippen LogP contribution in [0.4, 0.5) is 0 Å². The van der Waals surface area contributed by atoms with Gasteiger partial charge in [-0.05, 0) is 74.7 Å².